The van der Waals surface area contributed by atoms with Gasteiger partial charge in [0.05, 0.1) is 19.8 Å². The molecule has 3 rings (SSSR count). The second-order valence-corrected chi connectivity index (χ2v) is 6.88. The van der Waals surface area contributed by atoms with Crippen LogP contribution in [0, 0.1) is 0 Å². The third kappa shape index (κ3) is 4.07. The second kappa shape index (κ2) is 9.25. The topological polar surface area (TPSA) is 61.8 Å². The van der Waals surface area contributed by atoms with Gasteiger partial charge in [0.1, 0.15) is 0 Å². The van der Waals surface area contributed by atoms with Crippen LogP contribution in [0.5, 0.6) is 0 Å². The van der Waals surface area contributed by atoms with Crippen LogP contribution in [0.4, 0.5) is 0 Å². The number of hydrogen-bond donors (Lipinski definition) is 0. The molecule has 6 heteroatoms. The van der Waals surface area contributed by atoms with Crippen LogP contribution in [-0.2, 0) is 23.8 Å². The SMILES string of the molecule is CCOC(=O)C1(C(=O)OCC)OCC/C1=C(/c1ccccc1)c1ccc(Cl)cc1. The minimum Gasteiger partial charge on any atom is -0.463 e. The number of esters is 2. The summed E-state index contributed by atoms with van der Waals surface area (Å²) in [6.45, 7) is 3.83. The van der Waals surface area contributed by atoms with E-state index in [9.17, 15) is 9.59 Å². The molecule has 29 heavy (non-hydrogen) atoms. The van der Waals surface area contributed by atoms with E-state index < -0.39 is 17.5 Å². The summed E-state index contributed by atoms with van der Waals surface area (Å²) >= 11 is 6.07. The van der Waals surface area contributed by atoms with Gasteiger partial charge in [-0.25, -0.2) is 9.59 Å². The number of ether oxygens (including phenoxy) is 3. The Labute approximate surface area is 175 Å². The van der Waals surface area contributed by atoms with Gasteiger partial charge in [0.25, 0.3) is 5.60 Å². The Morgan fingerprint density at radius 2 is 1.48 bits per heavy atom. The predicted octanol–water partition coefficient (Wildman–Crippen LogP) is 4.43. The molecule has 1 aliphatic rings. The maximum atomic E-state index is 13.0. The first kappa shape index (κ1) is 21.1. The molecule has 0 aliphatic carbocycles. The molecule has 0 unspecified atom stereocenters. The van der Waals surface area contributed by atoms with E-state index in [0.717, 1.165) is 16.7 Å². The van der Waals surface area contributed by atoms with E-state index in [-0.39, 0.29) is 19.8 Å². The molecular formula is C23H23ClO5. The number of carbonyl (C=O) groups excluding carboxylic acids is 2. The molecule has 1 heterocycles. The Bertz CT molecular complexity index is 885. The summed E-state index contributed by atoms with van der Waals surface area (Å²) in [7, 11) is 0. The molecule has 5 nitrogen and oxygen atoms in total. The van der Waals surface area contributed by atoms with Crippen LogP contribution in [0.2, 0.25) is 5.02 Å². The standard InChI is InChI=1S/C23H23ClO5/c1-3-27-21(25)23(22(26)28-4-2)19(14-15-29-23)20(16-8-6-5-7-9-16)17-10-12-18(24)13-11-17/h5-13H,3-4,14-15H2,1-2H3/b20-19+. The van der Waals surface area contributed by atoms with Crippen LogP contribution in [0.25, 0.3) is 5.57 Å². The fourth-order valence-corrected chi connectivity index (χ4v) is 3.65. The van der Waals surface area contributed by atoms with Crippen molar-refractivity contribution in [3.63, 3.8) is 0 Å². The summed E-state index contributed by atoms with van der Waals surface area (Å²) in [5.74, 6) is -1.51. The Hall–Kier alpha value is -2.63. The molecule has 0 saturated carbocycles. The molecule has 1 saturated heterocycles. The van der Waals surface area contributed by atoms with E-state index >= 15 is 0 Å². The van der Waals surface area contributed by atoms with Gasteiger partial charge in [0.2, 0.25) is 0 Å². The number of benzene rings is 2. The predicted molar refractivity (Wildman–Crippen MR) is 110 cm³/mol. The second-order valence-electron chi connectivity index (χ2n) is 6.45. The van der Waals surface area contributed by atoms with Crippen LogP contribution in [-0.4, -0.2) is 37.4 Å². The average molecular weight is 415 g/mol. The van der Waals surface area contributed by atoms with Gasteiger partial charge in [-0.1, -0.05) is 54.1 Å². The smallest absolute Gasteiger partial charge is 0.354 e. The van der Waals surface area contributed by atoms with Crippen molar-refractivity contribution in [2.75, 3.05) is 19.8 Å². The van der Waals surface area contributed by atoms with E-state index in [2.05, 4.69) is 0 Å². The number of halogens is 1. The van der Waals surface area contributed by atoms with Gasteiger partial charge >= 0.3 is 11.9 Å². The molecule has 0 N–H and O–H groups in total. The van der Waals surface area contributed by atoms with Crippen molar-refractivity contribution in [3.05, 3.63) is 76.3 Å². The summed E-state index contributed by atoms with van der Waals surface area (Å²) in [5.41, 5.74) is 1.02. The molecule has 1 fully saturated rings. The molecule has 1 aliphatic heterocycles. The Balaban J connectivity index is 2.30. The van der Waals surface area contributed by atoms with E-state index in [0.29, 0.717) is 17.0 Å². The minimum absolute atomic E-state index is 0.123. The molecule has 152 valence electrons. The highest BCUT2D eigenvalue weighted by Gasteiger charge is 2.57. The van der Waals surface area contributed by atoms with E-state index in [1.165, 1.54) is 0 Å². The van der Waals surface area contributed by atoms with Gasteiger partial charge < -0.3 is 14.2 Å². The van der Waals surface area contributed by atoms with Crippen molar-refractivity contribution in [2.45, 2.75) is 25.9 Å². The fourth-order valence-electron chi connectivity index (χ4n) is 3.52. The molecule has 0 bridgehead atoms. The Morgan fingerprint density at radius 3 is 2.03 bits per heavy atom. The van der Waals surface area contributed by atoms with Crippen molar-refractivity contribution in [3.8, 4) is 0 Å². The van der Waals surface area contributed by atoms with Crippen LogP contribution in [0.3, 0.4) is 0 Å². The zero-order valence-corrected chi connectivity index (χ0v) is 17.2. The molecule has 2 aromatic carbocycles. The molecule has 0 aromatic heterocycles. The lowest BCUT2D eigenvalue weighted by Gasteiger charge is -2.27. The summed E-state index contributed by atoms with van der Waals surface area (Å²) in [6.07, 6.45) is 0.393. The first-order valence-corrected chi connectivity index (χ1v) is 9.95. The number of rotatable bonds is 6. The zero-order valence-electron chi connectivity index (χ0n) is 16.4. The lowest BCUT2D eigenvalue weighted by atomic mass is 9.83. The summed E-state index contributed by atoms with van der Waals surface area (Å²) < 4.78 is 16.3. The van der Waals surface area contributed by atoms with Gasteiger partial charge in [-0.15, -0.1) is 0 Å². The van der Waals surface area contributed by atoms with E-state index in [4.69, 9.17) is 25.8 Å². The monoisotopic (exact) mass is 414 g/mol. The Morgan fingerprint density at radius 1 is 0.931 bits per heavy atom. The van der Waals surface area contributed by atoms with Gasteiger partial charge in [0.15, 0.2) is 0 Å². The van der Waals surface area contributed by atoms with E-state index in [1.807, 2.05) is 42.5 Å². The highest BCUT2D eigenvalue weighted by Crippen LogP contribution is 2.42. The maximum absolute atomic E-state index is 13.0. The molecule has 0 radical (unpaired) electrons. The van der Waals surface area contributed by atoms with Gasteiger partial charge in [-0.3, -0.25) is 0 Å². The highest BCUT2D eigenvalue weighted by molar-refractivity contribution is 6.30. The first-order valence-electron chi connectivity index (χ1n) is 9.58. The fraction of sp³-hybridized carbons (Fsp3) is 0.304. The molecule has 2 aromatic rings. The van der Waals surface area contributed by atoms with Crippen molar-refractivity contribution in [1.82, 2.24) is 0 Å². The highest BCUT2D eigenvalue weighted by atomic mass is 35.5. The number of hydrogen-bond acceptors (Lipinski definition) is 5. The molecule has 0 amide bonds. The van der Waals surface area contributed by atoms with E-state index in [1.54, 1.807) is 26.0 Å². The van der Waals surface area contributed by atoms with Crippen LogP contribution < -0.4 is 0 Å². The van der Waals surface area contributed by atoms with Crippen LogP contribution >= 0.6 is 11.6 Å². The van der Waals surface area contributed by atoms with Gasteiger partial charge in [0, 0.05) is 5.02 Å². The minimum atomic E-state index is -1.92. The first-order chi connectivity index (χ1) is 14.0. The Kier molecular flexibility index (Phi) is 6.72. The van der Waals surface area contributed by atoms with Crippen molar-refractivity contribution in [1.29, 1.82) is 0 Å². The quantitative estimate of drug-likeness (QED) is 0.517. The lowest BCUT2D eigenvalue weighted by Crippen LogP contribution is -2.50. The third-order valence-electron chi connectivity index (χ3n) is 4.72. The van der Waals surface area contributed by atoms with Crippen LogP contribution in [0.15, 0.2) is 60.2 Å². The van der Waals surface area contributed by atoms with Crippen molar-refractivity contribution >= 4 is 29.1 Å². The normalized spacial score (nSPS) is 16.9. The van der Waals surface area contributed by atoms with Crippen molar-refractivity contribution < 1.29 is 23.8 Å². The summed E-state index contributed by atoms with van der Waals surface area (Å²) in [4.78, 5) is 26.0. The molecule has 0 atom stereocenters. The third-order valence-corrected chi connectivity index (χ3v) is 4.97. The van der Waals surface area contributed by atoms with Gasteiger partial charge in [-0.05, 0) is 54.7 Å². The largest absolute Gasteiger partial charge is 0.463 e. The molecule has 0 spiro atoms. The number of carbonyl (C=O) groups is 2. The molecular weight excluding hydrogens is 392 g/mol. The van der Waals surface area contributed by atoms with Gasteiger partial charge in [-0.2, -0.15) is 0 Å². The van der Waals surface area contributed by atoms with Crippen LogP contribution in [0.1, 0.15) is 31.4 Å². The lowest BCUT2D eigenvalue weighted by molar-refractivity contribution is -0.180. The average Bonchev–Trinajstić information content (AvgIpc) is 3.17. The summed E-state index contributed by atoms with van der Waals surface area (Å²) in [5, 5.41) is 0.593. The van der Waals surface area contributed by atoms with Crippen molar-refractivity contribution in [2.24, 2.45) is 0 Å². The maximum Gasteiger partial charge on any atom is 0.354 e. The summed E-state index contributed by atoms with van der Waals surface area (Å²) in [6, 6.07) is 16.8. The zero-order chi connectivity index (χ0) is 20.9.